The molecule has 1 amide bonds. The Balaban J connectivity index is 1.67. The number of hydrogen-bond donors (Lipinski definition) is 0. The molecule has 0 unspecified atom stereocenters. The number of anilines is 2. The molecule has 8 heteroatoms. The summed E-state index contributed by atoms with van der Waals surface area (Å²) in [5.74, 6) is 0.245. The van der Waals surface area contributed by atoms with Gasteiger partial charge in [0, 0.05) is 18.2 Å². The van der Waals surface area contributed by atoms with E-state index in [1.807, 2.05) is 50.2 Å². The van der Waals surface area contributed by atoms with Gasteiger partial charge in [0.15, 0.2) is 0 Å². The van der Waals surface area contributed by atoms with Gasteiger partial charge < -0.3 is 9.64 Å². The minimum Gasteiger partial charge on any atom is -0.493 e. The number of hydrogen-bond acceptors (Lipinski definition) is 4. The largest absolute Gasteiger partial charge is 0.493 e. The highest BCUT2D eigenvalue weighted by Gasteiger charge is 2.37. The molecule has 1 aliphatic heterocycles. The van der Waals surface area contributed by atoms with Crippen LogP contribution in [0.25, 0.3) is 0 Å². The van der Waals surface area contributed by atoms with Crippen LogP contribution in [0.4, 0.5) is 30.2 Å². The van der Waals surface area contributed by atoms with Crippen molar-refractivity contribution in [2.24, 2.45) is 4.99 Å². The lowest BCUT2D eigenvalue weighted by atomic mass is 10.0. The highest BCUT2D eigenvalue weighted by Crippen LogP contribution is 2.41. The zero-order valence-corrected chi connectivity index (χ0v) is 22.1. The summed E-state index contributed by atoms with van der Waals surface area (Å²) in [5.41, 5.74) is 3.04. The third-order valence-corrected chi connectivity index (χ3v) is 6.60. The quantitative estimate of drug-likeness (QED) is 0.278. The van der Waals surface area contributed by atoms with Gasteiger partial charge in [-0.15, -0.1) is 0 Å². The van der Waals surface area contributed by atoms with E-state index in [0.29, 0.717) is 29.3 Å². The smallest absolute Gasteiger partial charge is 0.416 e. The second-order valence-electron chi connectivity index (χ2n) is 9.35. The first-order valence-corrected chi connectivity index (χ1v) is 12.8. The van der Waals surface area contributed by atoms with Crippen molar-refractivity contribution in [1.82, 2.24) is 4.90 Å². The van der Waals surface area contributed by atoms with Gasteiger partial charge in [-0.25, -0.2) is 4.99 Å². The predicted octanol–water partition coefficient (Wildman–Crippen LogP) is 7.23. The summed E-state index contributed by atoms with van der Waals surface area (Å²) in [6.45, 7) is 11.6. The summed E-state index contributed by atoms with van der Waals surface area (Å²) in [6.07, 6.45) is -3.62. The number of benzene rings is 3. The molecule has 0 bridgehead atoms. The fraction of sp³-hybridized carbons (Fsp3) is 0.333. The first-order chi connectivity index (χ1) is 18.1. The van der Waals surface area contributed by atoms with Crippen LogP contribution in [-0.4, -0.2) is 42.8 Å². The number of aryl methyl sites for hydroxylation is 2. The summed E-state index contributed by atoms with van der Waals surface area (Å²) in [6, 6.07) is 15.8. The number of amides is 1. The molecule has 38 heavy (non-hydrogen) atoms. The van der Waals surface area contributed by atoms with Gasteiger partial charge in [0.25, 0.3) is 5.91 Å². The van der Waals surface area contributed by atoms with E-state index in [2.05, 4.69) is 23.7 Å². The van der Waals surface area contributed by atoms with Gasteiger partial charge in [-0.1, -0.05) is 37.6 Å². The first-order valence-electron chi connectivity index (χ1n) is 12.8. The van der Waals surface area contributed by atoms with Gasteiger partial charge in [0.05, 0.1) is 29.2 Å². The van der Waals surface area contributed by atoms with Crippen LogP contribution in [0.3, 0.4) is 0 Å². The highest BCUT2D eigenvalue weighted by molar-refractivity contribution is 6.56. The molecule has 0 spiro atoms. The Morgan fingerprint density at radius 2 is 1.71 bits per heavy atom. The molecule has 200 valence electrons. The lowest BCUT2D eigenvalue weighted by molar-refractivity contribution is -0.137. The van der Waals surface area contributed by atoms with Gasteiger partial charge in [-0.2, -0.15) is 13.2 Å². The second-order valence-corrected chi connectivity index (χ2v) is 9.35. The molecule has 3 aromatic carbocycles. The van der Waals surface area contributed by atoms with Crippen molar-refractivity contribution < 1.29 is 22.7 Å². The number of nitrogens with zero attached hydrogens (tertiary/aromatic N) is 3. The molecule has 5 nitrogen and oxygen atoms in total. The zero-order valence-electron chi connectivity index (χ0n) is 22.1. The van der Waals surface area contributed by atoms with Crippen molar-refractivity contribution in [3.05, 3.63) is 82.9 Å². The summed E-state index contributed by atoms with van der Waals surface area (Å²) in [5, 5.41) is 0. The van der Waals surface area contributed by atoms with Gasteiger partial charge in [-0.05, 0) is 75.3 Å². The maximum absolute atomic E-state index is 13.8. The van der Waals surface area contributed by atoms with Crippen molar-refractivity contribution in [2.45, 2.75) is 40.3 Å². The number of rotatable bonds is 9. The normalized spacial score (nSPS) is 14.5. The molecule has 0 radical (unpaired) electrons. The minimum atomic E-state index is -4.50. The second kappa shape index (κ2) is 11.4. The Labute approximate surface area is 221 Å². The molecular weight excluding hydrogens is 491 g/mol. The Morgan fingerprint density at radius 1 is 0.974 bits per heavy atom. The number of carbonyl (C=O) groups is 1. The molecule has 0 saturated heterocycles. The van der Waals surface area contributed by atoms with E-state index in [4.69, 9.17) is 4.74 Å². The van der Waals surface area contributed by atoms with E-state index in [9.17, 15) is 18.0 Å². The lowest BCUT2D eigenvalue weighted by Crippen LogP contribution is -2.26. The Hall–Kier alpha value is -3.65. The van der Waals surface area contributed by atoms with E-state index < -0.39 is 17.6 Å². The van der Waals surface area contributed by atoms with Crippen LogP contribution >= 0.6 is 0 Å². The fourth-order valence-corrected chi connectivity index (χ4v) is 4.73. The Bertz CT molecular complexity index is 1350. The number of alkyl halides is 3. The van der Waals surface area contributed by atoms with Crippen LogP contribution in [0.1, 0.15) is 42.5 Å². The average molecular weight is 524 g/mol. The van der Waals surface area contributed by atoms with Crippen LogP contribution in [-0.2, 0) is 11.0 Å². The molecule has 4 rings (SSSR count). The highest BCUT2D eigenvalue weighted by atomic mass is 19.4. The number of carbonyl (C=O) groups excluding carboxylic acids is 1. The average Bonchev–Trinajstić information content (AvgIpc) is 3.15. The number of ether oxygens (including phenoxy) is 1. The summed E-state index contributed by atoms with van der Waals surface area (Å²) >= 11 is 0. The van der Waals surface area contributed by atoms with Crippen LogP contribution in [0.15, 0.2) is 65.7 Å². The van der Waals surface area contributed by atoms with Crippen LogP contribution in [0, 0.1) is 13.8 Å². The molecule has 0 aromatic heterocycles. The summed E-state index contributed by atoms with van der Waals surface area (Å²) in [7, 11) is 0. The standard InChI is InChI=1S/C30H32F3N3O2/c1-5-35(6-2)14-9-15-38-25-13-8-12-24(19-25)36-28-21(4)16-20(3)17-26(28)27(29(36)37)34-23-11-7-10-22(18-23)30(31,32)33/h7-8,10-13,16-19H,5-6,9,14-15H2,1-4H3. The summed E-state index contributed by atoms with van der Waals surface area (Å²) < 4.78 is 45.8. The van der Waals surface area contributed by atoms with Crippen molar-refractivity contribution in [2.75, 3.05) is 31.1 Å². The van der Waals surface area contributed by atoms with E-state index in [-0.39, 0.29) is 11.4 Å². The maximum Gasteiger partial charge on any atom is 0.416 e. The van der Waals surface area contributed by atoms with Gasteiger partial charge >= 0.3 is 6.18 Å². The predicted molar refractivity (Wildman–Crippen MR) is 145 cm³/mol. The number of halogens is 3. The number of aliphatic imine (C=N–C) groups is 1. The van der Waals surface area contributed by atoms with Gasteiger partial charge in [-0.3, -0.25) is 9.69 Å². The third kappa shape index (κ3) is 5.91. The molecule has 1 heterocycles. The van der Waals surface area contributed by atoms with Crippen molar-refractivity contribution >= 4 is 28.7 Å². The first kappa shape index (κ1) is 27.4. The number of fused-ring (bicyclic) bond motifs is 1. The molecular formula is C30H32F3N3O2. The van der Waals surface area contributed by atoms with Crippen molar-refractivity contribution in [1.29, 1.82) is 0 Å². The molecule has 0 atom stereocenters. The maximum atomic E-state index is 13.8. The topological polar surface area (TPSA) is 45.1 Å². The molecule has 1 aliphatic rings. The van der Waals surface area contributed by atoms with Crippen molar-refractivity contribution in [3.8, 4) is 5.75 Å². The molecule has 3 aromatic rings. The zero-order chi connectivity index (χ0) is 27.4. The van der Waals surface area contributed by atoms with E-state index in [1.165, 1.54) is 12.1 Å². The lowest BCUT2D eigenvalue weighted by Gasteiger charge is -2.20. The van der Waals surface area contributed by atoms with E-state index in [1.54, 1.807) is 4.90 Å². The van der Waals surface area contributed by atoms with E-state index >= 15 is 0 Å². The van der Waals surface area contributed by atoms with Crippen molar-refractivity contribution in [3.63, 3.8) is 0 Å². The Morgan fingerprint density at radius 3 is 2.42 bits per heavy atom. The monoisotopic (exact) mass is 523 g/mol. The molecule has 0 saturated carbocycles. The fourth-order valence-electron chi connectivity index (χ4n) is 4.73. The van der Waals surface area contributed by atoms with Crippen LogP contribution in [0.5, 0.6) is 5.75 Å². The van der Waals surface area contributed by atoms with Crippen LogP contribution < -0.4 is 9.64 Å². The summed E-state index contributed by atoms with van der Waals surface area (Å²) in [4.78, 5) is 22.1. The molecule has 0 fully saturated rings. The van der Waals surface area contributed by atoms with E-state index in [0.717, 1.165) is 49.3 Å². The SMILES string of the molecule is CCN(CC)CCCOc1cccc(N2C(=O)C(=Nc3cccc(C(F)(F)F)c3)c3cc(C)cc(C)c32)c1. The minimum absolute atomic E-state index is 0.0698. The Kier molecular flexibility index (Phi) is 8.21. The van der Waals surface area contributed by atoms with Crippen LogP contribution in [0.2, 0.25) is 0 Å². The molecule has 0 N–H and O–H groups in total. The third-order valence-electron chi connectivity index (χ3n) is 6.60. The molecule has 0 aliphatic carbocycles. The van der Waals surface area contributed by atoms with Gasteiger partial charge in [0.1, 0.15) is 11.5 Å². The van der Waals surface area contributed by atoms with Gasteiger partial charge in [0.2, 0.25) is 0 Å².